The largest absolute Gasteiger partial charge is 0.381 e. The topological polar surface area (TPSA) is 48.9 Å². The number of halogens is 1. The quantitative estimate of drug-likeness (QED) is 0.368. The lowest BCUT2D eigenvalue weighted by Gasteiger charge is -2.34. The van der Waals surface area contributed by atoms with Gasteiger partial charge in [0.1, 0.15) is 0 Å². The van der Waals surface area contributed by atoms with Crippen LogP contribution in [0.5, 0.6) is 0 Å². The van der Waals surface area contributed by atoms with E-state index >= 15 is 0 Å². The number of nitrogens with one attached hydrogen (secondary N) is 2. The summed E-state index contributed by atoms with van der Waals surface area (Å²) in [7, 11) is 1.85. The number of likely N-dealkylation sites (tertiary alicyclic amines) is 1. The molecule has 5 nitrogen and oxygen atoms in total. The van der Waals surface area contributed by atoms with Crippen LogP contribution in [0.4, 0.5) is 0 Å². The molecule has 0 bridgehead atoms. The van der Waals surface area contributed by atoms with Gasteiger partial charge in [0.05, 0.1) is 6.61 Å². The van der Waals surface area contributed by atoms with E-state index in [1.54, 1.807) is 0 Å². The summed E-state index contributed by atoms with van der Waals surface area (Å²) in [6.07, 6.45) is 3.56. The van der Waals surface area contributed by atoms with Crippen molar-refractivity contribution in [1.29, 1.82) is 0 Å². The maximum atomic E-state index is 5.51. The first-order valence-corrected chi connectivity index (χ1v) is 10.6. The minimum Gasteiger partial charge on any atom is -0.381 e. The molecule has 0 spiro atoms. The highest BCUT2D eigenvalue weighted by atomic mass is 127. The summed E-state index contributed by atoms with van der Waals surface area (Å²) in [4.78, 5) is 7.04. The van der Waals surface area contributed by atoms with Crippen LogP contribution in [-0.2, 0) is 11.3 Å². The van der Waals surface area contributed by atoms with Gasteiger partial charge in [-0.1, -0.05) is 42.5 Å². The fraction of sp³-hybridized carbons (Fsp3) is 0.522. The summed E-state index contributed by atoms with van der Waals surface area (Å²) in [6.45, 7) is 6.19. The average Bonchev–Trinajstić information content (AvgIpc) is 3.25. The Morgan fingerprint density at radius 2 is 1.90 bits per heavy atom. The smallest absolute Gasteiger partial charge is 0.191 e. The molecule has 29 heavy (non-hydrogen) atoms. The van der Waals surface area contributed by atoms with Crippen LogP contribution in [0.1, 0.15) is 24.8 Å². The summed E-state index contributed by atoms with van der Waals surface area (Å²) >= 11 is 0. The van der Waals surface area contributed by atoms with Gasteiger partial charge in [-0.15, -0.1) is 24.0 Å². The Kier molecular flexibility index (Phi) is 8.56. The number of guanidine groups is 1. The molecule has 2 aliphatic rings. The van der Waals surface area contributed by atoms with E-state index in [0.29, 0.717) is 6.04 Å². The fourth-order valence-corrected chi connectivity index (χ4v) is 4.37. The monoisotopic (exact) mass is 508 g/mol. The number of nitrogens with zero attached hydrogens (tertiary/aromatic N) is 2. The van der Waals surface area contributed by atoms with Gasteiger partial charge in [-0.25, -0.2) is 0 Å². The summed E-state index contributed by atoms with van der Waals surface area (Å²) in [5, 5.41) is 9.71. The molecule has 6 heteroatoms. The molecule has 0 amide bonds. The Morgan fingerprint density at radius 1 is 1.10 bits per heavy atom. The first-order valence-electron chi connectivity index (χ1n) is 10.6. The predicted octanol–water partition coefficient (Wildman–Crippen LogP) is 3.62. The van der Waals surface area contributed by atoms with Crippen LogP contribution in [0.15, 0.2) is 47.5 Å². The third-order valence-electron chi connectivity index (χ3n) is 6.02. The Bertz CT molecular complexity index is 793. The van der Waals surface area contributed by atoms with Gasteiger partial charge in [-0.2, -0.15) is 0 Å². The molecule has 0 saturated carbocycles. The number of piperidine rings is 1. The summed E-state index contributed by atoms with van der Waals surface area (Å²) < 4.78 is 5.51. The number of hydrogen-bond donors (Lipinski definition) is 2. The van der Waals surface area contributed by atoms with Crippen LogP contribution in [0.25, 0.3) is 10.8 Å². The second-order valence-electron chi connectivity index (χ2n) is 8.01. The molecule has 4 rings (SSSR count). The van der Waals surface area contributed by atoms with Gasteiger partial charge in [0.2, 0.25) is 0 Å². The highest BCUT2D eigenvalue weighted by Gasteiger charge is 2.24. The van der Waals surface area contributed by atoms with Gasteiger partial charge in [-0.05, 0) is 41.5 Å². The molecule has 2 aromatic carbocycles. The average molecular weight is 508 g/mol. The minimum absolute atomic E-state index is 0. The van der Waals surface area contributed by atoms with E-state index in [1.165, 1.54) is 42.1 Å². The Labute approximate surface area is 191 Å². The number of aliphatic imine (C=N–C) groups is 1. The van der Waals surface area contributed by atoms with Gasteiger partial charge in [0.25, 0.3) is 0 Å². The number of rotatable bonds is 5. The van der Waals surface area contributed by atoms with Crippen molar-refractivity contribution >= 4 is 40.7 Å². The SMILES string of the molecule is CN=C(NCc1cccc2ccccc12)NC1CCN(CC2CCOC2)CC1.I. The number of ether oxygens (including phenoxy) is 1. The second-order valence-corrected chi connectivity index (χ2v) is 8.01. The number of benzene rings is 2. The first kappa shape index (κ1) is 22.3. The third-order valence-corrected chi connectivity index (χ3v) is 6.02. The molecule has 2 aliphatic heterocycles. The zero-order chi connectivity index (χ0) is 19.2. The maximum Gasteiger partial charge on any atom is 0.191 e. The molecular formula is C23H33IN4O. The standard InChI is InChI=1S/C23H32N4O.HI/c1-24-23(25-15-20-7-4-6-19-5-2-3-8-22(19)20)26-21-9-12-27(13-10-21)16-18-11-14-28-17-18;/h2-8,18,21H,9-17H2,1H3,(H2,24,25,26);1H. The Balaban J connectivity index is 0.00000240. The maximum absolute atomic E-state index is 5.51. The van der Waals surface area contributed by atoms with Crippen LogP contribution in [0, 0.1) is 5.92 Å². The van der Waals surface area contributed by atoms with Crippen LogP contribution in [0.3, 0.4) is 0 Å². The number of fused-ring (bicyclic) bond motifs is 1. The molecule has 0 aliphatic carbocycles. The van der Waals surface area contributed by atoms with Crippen LogP contribution < -0.4 is 10.6 Å². The molecule has 158 valence electrons. The summed E-state index contributed by atoms with van der Waals surface area (Å²) in [5.41, 5.74) is 1.30. The fourth-order valence-electron chi connectivity index (χ4n) is 4.37. The van der Waals surface area contributed by atoms with Gasteiger partial charge >= 0.3 is 0 Å². The molecular weight excluding hydrogens is 475 g/mol. The molecule has 2 fully saturated rings. The lowest BCUT2D eigenvalue weighted by atomic mass is 10.0. The van der Waals surface area contributed by atoms with Crippen molar-refractivity contribution in [1.82, 2.24) is 15.5 Å². The van der Waals surface area contributed by atoms with E-state index in [1.807, 2.05) is 7.05 Å². The first-order chi connectivity index (χ1) is 13.8. The predicted molar refractivity (Wildman–Crippen MR) is 131 cm³/mol. The zero-order valence-corrected chi connectivity index (χ0v) is 19.6. The molecule has 2 heterocycles. The van der Waals surface area contributed by atoms with Gasteiger partial charge in [0, 0.05) is 45.9 Å². The zero-order valence-electron chi connectivity index (χ0n) is 17.3. The van der Waals surface area contributed by atoms with Crippen molar-refractivity contribution in [3.8, 4) is 0 Å². The van der Waals surface area contributed by atoms with E-state index in [0.717, 1.165) is 44.7 Å². The van der Waals surface area contributed by atoms with Gasteiger partial charge in [0.15, 0.2) is 5.96 Å². The van der Waals surface area contributed by atoms with Crippen LogP contribution in [0.2, 0.25) is 0 Å². The second kappa shape index (κ2) is 11.1. The van der Waals surface area contributed by atoms with Crippen molar-refractivity contribution in [2.75, 3.05) is 39.9 Å². The van der Waals surface area contributed by atoms with E-state index in [4.69, 9.17) is 4.74 Å². The van der Waals surface area contributed by atoms with E-state index < -0.39 is 0 Å². The highest BCUT2D eigenvalue weighted by molar-refractivity contribution is 14.0. The van der Waals surface area contributed by atoms with Crippen LogP contribution in [-0.4, -0.2) is 56.8 Å². The summed E-state index contributed by atoms with van der Waals surface area (Å²) in [6, 6.07) is 15.5. The molecule has 2 aromatic rings. The molecule has 2 saturated heterocycles. The highest BCUT2D eigenvalue weighted by Crippen LogP contribution is 2.19. The van der Waals surface area contributed by atoms with Crippen molar-refractivity contribution < 1.29 is 4.74 Å². The Hall–Kier alpha value is -1.38. The van der Waals surface area contributed by atoms with Crippen molar-refractivity contribution in [2.45, 2.75) is 31.8 Å². The normalized spacial score (nSPS) is 21.1. The molecule has 0 aromatic heterocycles. The lowest BCUT2D eigenvalue weighted by molar-refractivity contribution is 0.150. The minimum atomic E-state index is 0. The van der Waals surface area contributed by atoms with E-state index in [2.05, 4.69) is 63.0 Å². The van der Waals surface area contributed by atoms with Gasteiger partial charge < -0.3 is 20.3 Å². The number of hydrogen-bond acceptors (Lipinski definition) is 3. The van der Waals surface area contributed by atoms with E-state index in [9.17, 15) is 0 Å². The molecule has 1 atom stereocenters. The van der Waals surface area contributed by atoms with E-state index in [-0.39, 0.29) is 24.0 Å². The summed E-state index contributed by atoms with van der Waals surface area (Å²) in [5.74, 6) is 1.63. The van der Waals surface area contributed by atoms with Gasteiger partial charge in [-0.3, -0.25) is 4.99 Å². The molecule has 1 unspecified atom stereocenters. The van der Waals surface area contributed by atoms with Crippen molar-refractivity contribution in [3.05, 3.63) is 48.0 Å². The van der Waals surface area contributed by atoms with Crippen molar-refractivity contribution in [2.24, 2.45) is 10.9 Å². The third kappa shape index (κ3) is 6.06. The molecule has 2 N–H and O–H groups in total. The lowest BCUT2D eigenvalue weighted by Crippen LogP contribution is -2.49. The van der Waals surface area contributed by atoms with Crippen molar-refractivity contribution in [3.63, 3.8) is 0 Å². The molecule has 0 radical (unpaired) electrons. The Morgan fingerprint density at radius 3 is 2.66 bits per heavy atom. The van der Waals surface area contributed by atoms with Crippen LogP contribution >= 0.6 is 24.0 Å².